The Morgan fingerprint density at radius 2 is 2.40 bits per heavy atom. The number of amides is 1. The maximum Gasteiger partial charge on any atom is 0.242 e. The molecule has 15 heavy (non-hydrogen) atoms. The van der Waals surface area contributed by atoms with Crippen molar-refractivity contribution in [1.82, 2.24) is 10.2 Å². The highest BCUT2D eigenvalue weighted by atomic mass is 16.5. The Hall–Kier alpha value is -0.650. The van der Waals surface area contributed by atoms with E-state index in [9.17, 15) is 4.79 Å². The maximum absolute atomic E-state index is 11.9. The molecule has 0 aromatic heterocycles. The molecule has 0 aromatic carbocycles. The fourth-order valence-corrected chi connectivity index (χ4v) is 1.73. The molecule has 1 rings (SSSR count). The van der Waals surface area contributed by atoms with Crippen LogP contribution in [0.3, 0.4) is 0 Å². The SMILES string of the molecule is COCCN1CCC(C)NC(CO)C1=O. The number of methoxy groups -OCH3 is 1. The van der Waals surface area contributed by atoms with Crippen LogP contribution in [0.5, 0.6) is 0 Å². The van der Waals surface area contributed by atoms with Gasteiger partial charge in [0.05, 0.1) is 13.2 Å². The van der Waals surface area contributed by atoms with Crippen LogP contribution in [0.1, 0.15) is 13.3 Å². The van der Waals surface area contributed by atoms with Crippen molar-refractivity contribution in [2.45, 2.75) is 25.4 Å². The molecule has 0 spiro atoms. The first kappa shape index (κ1) is 12.4. The van der Waals surface area contributed by atoms with Crippen LogP contribution in [0.25, 0.3) is 0 Å². The molecule has 0 radical (unpaired) electrons. The molecule has 1 fully saturated rings. The molecule has 2 N–H and O–H groups in total. The van der Waals surface area contributed by atoms with Crippen molar-refractivity contribution in [3.8, 4) is 0 Å². The lowest BCUT2D eigenvalue weighted by Crippen LogP contribution is -2.48. The molecular weight excluding hydrogens is 196 g/mol. The normalized spacial score (nSPS) is 27.9. The first-order valence-corrected chi connectivity index (χ1v) is 5.33. The lowest BCUT2D eigenvalue weighted by atomic mass is 10.2. The van der Waals surface area contributed by atoms with Crippen molar-refractivity contribution in [1.29, 1.82) is 0 Å². The fraction of sp³-hybridized carbons (Fsp3) is 0.900. The van der Waals surface area contributed by atoms with Crippen molar-refractivity contribution < 1.29 is 14.6 Å². The summed E-state index contributed by atoms with van der Waals surface area (Å²) in [5.41, 5.74) is 0. The Bertz CT molecular complexity index is 211. The van der Waals surface area contributed by atoms with Crippen molar-refractivity contribution >= 4 is 5.91 Å². The van der Waals surface area contributed by atoms with Gasteiger partial charge in [-0.15, -0.1) is 0 Å². The van der Waals surface area contributed by atoms with Crippen molar-refractivity contribution in [2.24, 2.45) is 0 Å². The van der Waals surface area contributed by atoms with E-state index in [0.717, 1.165) is 13.0 Å². The second kappa shape index (κ2) is 6.05. The van der Waals surface area contributed by atoms with E-state index in [1.165, 1.54) is 0 Å². The molecule has 1 aliphatic rings. The third kappa shape index (κ3) is 3.44. The summed E-state index contributed by atoms with van der Waals surface area (Å²) in [7, 11) is 1.62. The van der Waals surface area contributed by atoms with Crippen LogP contribution in [-0.2, 0) is 9.53 Å². The zero-order valence-electron chi connectivity index (χ0n) is 9.40. The minimum atomic E-state index is -0.459. The predicted octanol–water partition coefficient (Wildman–Crippen LogP) is -0.796. The zero-order valence-corrected chi connectivity index (χ0v) is 9.40. The molecule has 5 heteroatoms. The van der Waals surface area contributed by atoms with E-state index < -0.39 is 6.04 Å². The van der Waals surface area contributed by atoms with E-state index in [0.29, 0.717) is 13.2 Å². The summed E-state index contributed by atoms with van der Waals surface area (Å²) in [6, 6.07) is -0.196. The standard InChI is InChI=1S/C10H20N2O3/c1-8-3-4-12(5-6-15-2)10(14)9(7-13)11-8/h8-9,11,13H,3-7H2,1-2H3. The number of ether oxygens (including phenoxy) is 1. The average molecular weight is 216 g/mol. The van der Waals surface area contributed by atoms with Gasteiger partial charge >= 0.3 is 0 Å². The molecule has 1 heterocycles. The number of aliphatic hydroxyl groups is 1. The molecule has 0 saturated carbocycles. The number of hydrogen-bond acceptors (Lipinski definition) is 4. The van der Waals surface area contributed by atoms with E-state index in [4.69, 9.17) is 9.84 Å². The summed E-state index contributed by atoms with van der Waals surface area (Å²) >= 11 is 0. The molecule has 88 valence electrons. The van der Waals surface area contributed by atoms with Gasteiger partial charge in [-0.3, -0.25) is 4.79 Å². The van der Waals surface area contributed by atoms with Crippen LogP contribution in [0.15, 0.2) is 0 Å². The molecule has 2 unspecified atom stereocenters. The zero-order chi connectivity index (χ0) is 11.3. The molecule has 0 bridgehead atoms. The number of carbonyl (C=O) groups excluding carboxylic acids is 1. The van der Waals surface area contributed by atoms with Crippen LogP contribution in [0.4, 0.5) is 0 Å². The molecule has 1 amide bonds. The topological polar surface area (TPSA) is 61.8 Å². The van der Waals surface area contributed by atoms with Crippen LogP contribution in [0.2, 0.25) is 0 Å². The third-order valence-corrected chi connectivity index (χ3v) is 2.68. The summed E-state index contributed by atoms with van der Waals surface area (Å²) in [5.74, 6) is -0.0288. The quantitative estimate of drug-likeness (QED) is 0.646. The Balaban J connectivity index is 2.58. The van der Waals surface area contributed by atoms with E-state index in [2.05, 4.69) is 5.32 Å². The predicted molar refractivity (Wildman–Crippen MR) is 56.5 cm³/mol. The Morgan fingerprint density at radius 3 is 3.00 bits per heavy atom. The van der Waals surface area contributed by atoms with Gasteiger partial charge in [-0.1, -0.05) is 0 Å². The van der Waals surface area contributed by atoms with Crippen molar-refractivity contribution in [3.05, 3.63) is 0 Å². The lowest BCUT2D eigenvalue weighted by Gasteiger charge is -2.22. The molecule has 0 aromatic rings. The summed E-state index contributed by atoms with van der Waals surface area (Å²) in [6.45, 7) is 3.74. The number of aliphatic hydroxyl groups excluding tert-OH is 1. The van der Waals surface area contributed by atoms with E-state index in [1.807, 2.05) is 6.92 Å². The third-order valence-electron chi connectivity index (χ3n) is 2.68. The Labute approximate surface area is 90.4 Å². The summed E-state index contributed by atoms with van der Waals surface area (Å²) in [6.07, 6.45) is 0.909. The van der Waals surface area contributed by atoms with Gasteiger partial charge in [-0.2, -0.15) is 0 Å². The highest BCUT2D eigenvalue weighted by molar-refractivity contribution is 5.82. The van der Waals surface area contributed by atoms with Gasteiger partial charge < -0.3 is 20.1 Å². The van der Waals surface area contributed by atoms with Gasteiger partial charge in [-0.25, -0.2) is 0 Å². The van der Waals surface area contributed by atoms with E-state index in [-0.39, 0.29) is 18.6 Å². The van der Waals surface area contributed by atoms with Gasteiger partial charge in [0.15, 0.2) is 0 Å². The summed E-state index contributed by atoms with van der Waals surface area (Å²) in [5, 5.41) is 12.2. The van der Waals surface area contributed by atoms with Crippen LogP contribution < -0.4 is 5.32 Å². The monoisotopic (exact) mass is 216 g/mol. The minimum absolute atomic E-state index is 0.0288. The molecule has 1 saturated heterocycles. The second-order valence-corrected chi connectivity index (χ2v) is 3.91. The highest BCUT2D eigenvalue weighted by Gasteiger charge is 2.28. The van der Waals surface area contributed by atoms with E-state index >= 15 is 0 Å². The average Bonchev–Trinajstić information content (AvgIpc) is 2.37. The number of nitrogens with zero attached hydrogens (tertiary/aromatic N) is 1. The first-order chi connectivity index (χ1) is 7.19. The molecule has 0 aliphatic carbocycles. The number of rotatable bonds is 4. The first-order valence-electron chi connectivity index (χ1n) is 5.33. The maximum atomic E-state index is 11.9. The molecule has 1 aliphatic heterocycles. The fourth-order valence-electron chi connectivity index (χ4n) is 1.73. The van der Waals surface area contributed by atoms with Gasteiger partial charge in [0, 0.05) is 26.2 Å². The highest BCUT2D eigenvalue weighted by Crippen LogP contribution is 2.06. The Morgan fingerprint density at radius 1 is 1.67 bits per heavy atom. The van der Waals surface area contributed by atoms with Gasteiger partial charge in [0.2, 0.25) is 5.91 Å². The Kier molecular flexibility index (Phi) is 5.01. The van der Waals surface area contributed by atoms with Crippen molar-refractivity contribution in [3.63, 3.8) is 0 Å². The molecule has 2 atom stereocenters. The van der Waals surface area contributed by atoms with Crippen molar-refractivity contribution in [2.75, 3.05) is 33.4 Å². The smallest absolute Gasteiger partial charge is 0.242 e. The van der Waals surface area contributed by atoms with Gasteiger partial charge in [0.25, 0.3) is 0 Å². The molecular formula is C10H20N2O3. The van der Waals surface area contributed by atoms with Crippen LogP contribution >= 0.6 is 0 Å². The second-order valence-electron chi connectivity index (χ2n) is 3.91. The van der Waals surface area contributed by atoms with Crippen LogP contribution in [0, 0.1) is 0 Å². The molecule has 5 nitrogen and oxygen atoms in total. The van der Waals surface area contributed by atoms with Gasteiger partial charge in [0.1, 0.15) is 6.04 Å². The number of nitrogens with one attached hydrogen (secondary N) is 1. The largest absolute Gasteiger partial charge is 0.394 e. The minimum Gasteiger partial charge on any atom is -0.394 e. The van der Waals surface area contributed by atoms with Crippen LogP contribution in [-0.4, -0.2) is 61.4 Å². The number of carbonyl (C=O) groups is 1. The lowest BCUT2D eigenvalue weighted by molar-refractivity contribution is -0.134. The number of hydrogen-bond donors (Lipinski definition) is 2. The summed E-state index contributed by atoms with van der Waals surface area (Å²) < 4.78 is 4.95. The van der Waals surface area contributed by atoms with Gasteiger partial charge in [-0.05, 0) is 13.3 Å². The van der Waals surface area contributed by atoms with E-state index in [1.54, 1.807) is 12.0 Å². The summed E-state index contributed by atoms with van der Waals surface area (Å²) in [4.78, 5) is 13.6.